The van der Waals surface area contributed by atoms with Crippen molar-refractivity contribution >= 4 is 11.8 Å². The van der Waals surface area contributed by atoms with Gasteiger partial charge in [-0.1, -0.05) is 30.3 Å². The van der Waals surface area contributed by atoms with E-state index in [0.717, 1.165) is 19.4 Å². The van der Waals surface area contributed by atoms with Crippen LogP contribution in [0.15, 0.2) is 30.3 Å². The first-order chi connectivity index (χ1) is 8.24. The zero-order chi connectivity index (χ0) is 12.1. The van der Waals surface area contributed by atoms with E-state index in [9.17, 15) is 9.59 Å². The van der Waals surface area contributed by atoms with E-state index >= 15 is 0 Å². The molecule has 4 heteroatoms. The molecule has 2 rings (SSSR count). The van der Waals surface area contributed by atoms with Crippen LogP contribution in [-0.2, 0) is 16.0 Å². The van der Waals surface area contributed by atoms with Gasteiger partial charge >= 0.3 is 0 Å². The van der Waals surface area contributed by atoms with E-state index in [1.807, 2.05) is 23.1 Å². The molecule has 1 aromatic carbocycles. The molecule has 0 spiro atoms. The third-order valence-corrected chi connectivity index (χ3v) is 2.80. The van der Waals surface area contributed by atoms with Crippen LogP contribution < -0.4 is 5.32 Å². The second-order valence-electron chi connectivity index (χ2n) is 4.27. The number of imide groups is 1. The lowest BCUT2D eigenvalue weighted by molar-refractivity contribution is -0.136. The van der Waals surface area contributed by atoms with E-state index < -0.39 is 0 Å². The number of benzene rings is 1. The summed E-state index contributed by atoms with van der Waals surface area (Å²) in [6.07, 6.45) is 1.94. The fourth-order valence-electron chi connectivity index (χ4n) is 2.01. The van der Waals surface area contributed by atoms with Crippen molar-refractivity contribution in [1.29, 1.82) is 0 Å². The minimum atomic E-state index is -0.194. The first kappa shape index (κ1) is 11.8. The third kappa shape index (κ3) is 3.67. The molecule has 1 N–H and O–H groups in total. The number of aryl methyl sites for hydroxylation is 1. The van der Waals surface area contributed by atoms with Crippen LogP contribution in [0.25, 0.3) is 0 Å². The van der Waals surface area contributed by atoms with Gasteiger partial charge in [0.05, 0.1) is 13.1 Å². The molecule has 1 aromatic rings. The molecule has 4 nitrogen and oxygen atoms in total. The minimum absolute atomic E-state index is 0.194. The maximum Gasteiger partial charge on any atom is 0.240 e. The van der Waals surface area contributed by atoms with Gasteiger partial charge in [-0.2, -0.15) is 0 Å². The summed E-state index contributed by atoms with van der Waals surface area (Å²) in [5, 5.41) is 2.30. The van der Waals surface area contributed by atoms with Gasteiger partial charge in [0.2, 0.25) is 11.8 Å². The van der Waals surface area contributed by atoms with Crippen LogP contribution >= 0.6 is 0 Å². The number of hydrogen-bond donors (Lipinski definition) is 1. The SMILES string of the molecule is O=C1CN(CCCc2ccccc2)CC(=O)N1. The molecule has 17 heavy (non-hydrogen) atoms. The summed E-state index contributed by atoms with van der Waals surface area (Å²) >= 11 is 0. The normalized spacial score (nSPS) is 16.9. The monoisotopic (exact) mass is 232 g/mol. The number of hydrogen-bond acceptors (Lipinski definition) is 3. The van der Waals surface area contributed by atoms with Crippen molar-refractivity contribution in [3.05, 3.63) is 35.9 Å². The number of amides is 2. The van der Waals surface area contributed by atoms with E-state index in [0.29, 0.717) is 13.1 Å². The Morgan fingerprint density at radius 2 is 1.71 bits per heavy atom. The van der Waals surface area contributed by atoms with Crippen molar-refractivity contribution in [2.24, 2.45) is 0 Å². The summed E-state index contributed by atoms with van der Waals surface area (Å²) in [5.41, 5.74) is 1.29. The van der Waals surface area contributed by atoms with Crippen molar-refractivity contribution in [3.63, 3.8) is 0 Å². The summed E-state index contributed by atoms with van der Waals surface area (Å²) in [6.45, 7) is 1.45. The Morgan fingerprint density at radius 1 is 1.06 bits per heavy atom. The minimum Gasteiger partial charge on any atom is -0.294 e. The van der Waals surface area contributed by atoms with Gasteiger partial charge in [-0.05, 0) is 24.9 Å². The van der Waals surface area contributed by atoms with Crippen LogP contribution in [0.5, 0.6) is 0 Å². The first-order valence-corrected chi connectivity index (χ1v) is 5.83. The largest absolute Gasteiger partial charge is 0.294 e. The van der Waals surface area contributed by atoms with E-state index in [-0.39, 0.29) is 11.8 Å². The van der Waals surface area contributed by atoms with Gasteiger partial charge in [0, 0.05) is 0 Å². The molecule has 0 aromatic heterocycles. The highest BCUT2D eigenvalue weighted by Gasteiger charge is 2.21. The summed E-state index contributed by atoms with van der Waals surface area (Å²) in [7, 11) is 0. The van der Waals surface area contributed by atoms with E-state index in [1.165, 1.54) is 5.56 Å². The fourth-order valence-corrected chi connectivity index (χ4v) is 2.01. The Hall–Kier alpha value is -1.68. The van der Waals surface area contributed by atoms with Gasteiger partial charge in [0.25, 0.3) is 0 Å². The molecular weight excluding hydrogens is 216 g/mol. The van der Waals surface area contributed by atoms with Crippen LogP contribution in [0.4, 0.5) is 0 Å². The summed E-state index contributed by atoms with van der Waals surface area (Å²) in [4.78, 5) is 24.2. The number of carbonyl (C=O) groups excluding carboxylic acids is 2. The topological polar surface area (TPSA) is 49.4 Å². The van der Waals surface area contributed by atoms with Crippen LogP contribution in [0, 0.1) is 0 Å². The molecule has 0 bridgehead atoms. The van der Waals surface area contributed by atoms with Gasteiger partial charge in [-0.25, -0.2) is 0 Å². The number of nitrogens with one attached hydrogen (secondary N) is 1. The van der Waals surface area contributed by atoms with Crippen LogP contribution in [-0.4, -0.2) is 36.3 Å². The second-order valence-corrected chi connectivity index (χ2v) is 4.27. The average molecular weight is 232 g/mol. The van der Waals surface area contributed by atoms with Gasteiger partial charge in [0.1, 0.15) is 0 Å². The first-order valence-electron chi connectivity index (χ1n) is 5.83. The molecule has 0 radical (unpaired) electrons. The van der Waals surface area contributed by atoms with Crippen molar-refractivity contribution in [2.45, 2.75) is 12.8 Å². The van der Waals surface area contributed by atoms with E-state index in [4.69, 9.17) is 0 Å². The number of carbonyl (C=O) groups is 2. The molecule has 0 unspecified atom stereocenters. The lowest BCUT2D eigenvalue weighted by Gasteiger charge is -2.24. The lowest BCUT2D eigenvalue weighted by Crippen LogP contribution is -2.51. The molecule has 1 fully saturated rings. The number of piperazine rings is 1. The maximum atomic E-state index is 11.1. The molecule has 1 aliphatic heterocycles. The predicted octanol–water partition coefficient (Wildman–Crippen LogP) is 0.578. The summed E-state index contributed by atoms with van der Waals surface area (Å²) < 4.78 is 0. The van der Waals surface area contributed by atoms with Gasteiger partial charge in [0.15, 0.2) is 0 Å². The highest BCUT2D eigenvalue weighted by Crippen LogP contribution is 2.04. The Labute approximate surface area is 101 Å². The molecule has 0 aliphatic carbocycles. The van der Waals surface area contributed by atoms with Crippen molar-refractivity contribution in [3.8, 4) is 0 Å². The second kappa shape index (κ2) is 5.59. The summed E-state index contributed by atoms with van der Waals surface area (Å²) in [5.74, 6) is -0.387. The molecular formula is C13H16N2O2. The molecule has 1 saturated heterocycles. The van der Waals surface area contributed by atoms with Crippen LogP contribution in [0.3, 0.4) is 0 Å². The predicted molar refractivity (Wildman–Crippen MR) is 64.4 cm³/mol. The molecule has 2 amide bonds. The van der Waals surface area contributed by atoms with E-state index in [2.05, 4.69) is 17.4 Å². The highest BCUT2D eigenvalue weighted by molar-refractivity contribution is 5.99. The zero-order valence-corrected chi connectivity index (χ0v) is 9.69. The smallest absolute Gasteiger partial charge is 0.240 e. The number of nitrogens with zero attached hydrogens (tertiary/aromatic N) is 1. The molecule has 1 heterocycles. The van der Waals surface area contributed by atoms with Crippen LogP contribution in [0.1, 0.15) is 12.0 Å². The Kier molecular flexibility index (Phi) is 3.88. The van der Waals surface area contributed by atoms with Crippen molar-refractivity contribution < 1.29 is 9.59 Å². The Morgan fingerprint density at radius 3 is 2.35 bits per heavy atom. The Balaban J connectivity index is 1.75. The van der Waals surface area contributed by atoms with Gasteiger partial charge in [-0.3, -0.25) is 19.8 Å². The van der Waals surface area contributed by atoms with Gasteiger partial charge < -0.3 is 0 Å². The number of rotatable bonds is 4. The van der Waals surface area contributed by atoms with Crippen molar-refractivity contribution in [1.82, 2.24) is 10.2 Å². The van der Waals surface area contributed by atoms with Crippen molar-refractivity contribution in [2.75, 3.05) is 19.6 Å². The molecule has 1 aliphatic rings. The standard InChI is InChI=1S/C13H16N2O2/c16-12-9-15(10-13(17)14-12)8-4-7-11-5-2-1-3-6-11/h1-3,5-6H,4,7-10H2,(H,14,16,17). The molecule has 0 saturated carbocycles. The van der Waals surface area contributed by atoms with E-state index in [1.54, 1.807) is 0 Å². The highest BCUT2D eigenvalue weighted by atomic mass is 16.2. The molecule has 0 atom stereocenters. The maximum absolute atomic E-state index is 11.1. The Bertz CT molecular complexity index is 387. The van der Waals surface area contributed by atoms with Crippen LogP contribution in [0.2, 0.25) is 0 Å². The molecule has 90 valence electrons. The average Bonchev–Trinajstić information content (AvgIpc) is 2.29. The third-order valence-electron chi connectivity index (χ3n) is 2.80. The summed E-state index contributed by atoms with van der Waals surface area (Å²) in [6, 6.07) is 10.2. The quantitative estimate of drug-likeness (QED) is 0.772. The van der Waals surface area contributed by atoms with Gasteiger partial charge in [-0.15, -0.1) is 0 Å². The fraction of sp³-hybridized carbons (Fsp3) is 0.385. The lowest BCUT2D eigenvalue weighted by atomic mass is 10.1. The zero-order valence-electron chi connectivity index (χ0n) is 9.69.